The second kappa shape index (κ2) is 5.73. The summed E-state index contributed by atoms with van der Waals surface area (Å²) in [5, 5.41) is 4.60. The van der Waals surface area contributed by atoms with E-state index in [1.807, 2.05) is 23.7 Å². The van der Waals surface area contributed by atoms with Gasteiger partial charge in [0, 0.05) is 6.61 Å². The van der Waals surface area contributed by atoms with Crippen LogP contribution in [0.2, 0.25) is 0 Å². The number of hydrogen-bond donors (Lipinski definition) is 1. The van der Waals surface area contributed by atoms with Crippen molar-refractivity contribution in [2.24, 2.45) is 0 Å². The number of rotatable bonds is 3. The first-order valence-electron chi connectivity index (χ1n) is 7.18. The van der Waals surface area contributed by atoms with Crippen LogP contribution in [0.1, 0.15) is 31.3 Å². The fraction of sp³-hybridized carbons (Fsp3) is 0.467. The fourth-order valence-corrected chi connectivity index (χ4v) is 2.66. The highest BCUT2D eigenvalue weighted by Crippen LogP contribution is 2.33. The second-order valence-electron chi connectivity index (χ2n) is 5.18. The Bertz CT molecular complexity index is 633. The van der Waals surface area contributed by atoms with Crippen LogP contribution in [0.25, 0.3) is 11.4 Å². The molecule has 1 aromatic heterocycles. The lowest BCUT2D eigenvalue weighted by Gasteiger charge is -2.23. The zero-order chi connectivity index (χ0) is 14.8. The van der Waals surface area contributed by atoms with Gasteiger partial charge in [0.2, 0.25) is 0 Å². The Kier molecular flexibility index (Phi) is 3.79. The number of hydrogen-bond acceptors (Lipinski definition) is 5. The van der Waals surface area contributed by atoms with Crippen LogP contribution in [0.3, 0.4) is 0 Å². The van der Waals surface area contributed by atoms with E-state index in [0.29, 0.717) is 17.3 Å². The van der Waals surface area contributed by atoms with E-state index in [2.05, 4.69) is 10.1 Å². The molecule has 1 atom stereocenters. The van der Waals surface area contributed by atoms with Gasteiger partial charge in [-0.25, -0.2) is 9.67 Å². The van der Waals surface area contributed by atoms with Crippen LogP contribution in [0.4, 0.5) is 5.69 Å². The number of nitrogens with zero attached hydrogens (tertiary/aromatic N) is 3. The van der Waals surface area contributed by atoms with Crippen molar-refractivity contribution in [3.8, 4) is 17.1 Å². The lowest BCUT2D eigenvalue weighted by atomic mass is 10.1. The minimum Gasteiger partial charge on any atom is -0.494 e. The van der Waals surface area contributed by atoms with E-state index in [9.17, 15) is 0 Å². The molecule has 0 aliphatic carbocycles. The number of methoxy groups -OCH3 is 1. The van der Waals surface area contributed by atoms with Crippen molar-refractivity contribution in [2.45, 2.75) is 32.4 Å². The molecule has 6 heteroatoms. The van der Waals surface area contributed by atoms with Gasteiger partial charge in [0.15, 0.2) is 17.8 Å². The third kappa shape index (κ3) is 2.58. The van der Waals surface area contributed by atoms with Crippen LogP contribution < -0.4 is 10.5 Å². The summed E-state index contributed by atoms with van der Waals surface area (Å²) < 4.78 is 13.0. The summed E-state index contributed by atoms with van der Waals surface area (Å²) in [5.41, 5.74) is 7.33. The summed E-state index contributed by atoms with van der Waals surface area (Å²) in [6.45, 7) is 2.72. The first-order chi connectivity index (χ1) is 10.2. The van der Waals surface area contributed by atoms with Crippen molar-refractivity contribution < 1.29 is 9.47 Å². The van der Waals surface area contributed by atoms with Gasteiger partial charge in [-0.1, -0.05) is 6.07 Å². The maximum atomic E-state index is 5.94. The molecular formula is C15H20N4O2. The molecule has 1 saturated heterocycles. The first kappa shape index (κ1) is 13.9. The SMILES string of the molecule is COc1c(N)cccc1-c1nc(C)n(C2CCCCO2)n1. The van der Waals surface area contributed by atoms with Crippen LogP contribution in [0.15, 0.2) is 18.2 Å². The van der Waals surface area contributed by atoms with Crippen LogP contribution in [0.5, 0.6) is 5.75 Å². The first-order valence-corrected chi connectivity index (χ1v) is 7.18. The Morgan fingerprint density at radius 3 is 2.95 bits per heavy atom. The molecule has 1 unspecified atom stereocenters. The lowest BCUT2D eigenvalue weighted by molar-refractivity contribution is -0.0408. The van der Waals surface area contributed by atoms with Crippen molar-refractivity contribution in [2.75, 3.05) is 19.5 Å². The average Bonchev–Trinajstić information content (AvgIpc) is 2.89. The summed E-state index contributed by atoms with van der Waals surface area (Å²) in [5.74, 6) is 2.06. The van der Waals surface area contributed by atoms with Crippen molar-refractivity contribution in [1.29, 1.82) is 0 Å². The topological polar surface area (TPSA) is 75.2 Å². The number of aromatic nitrogens is 3. The Hall–Kier alpha value is -2.08. The van der Waals surface area contributed by atoms with Crippen molar-refractivity contribution in [3.05, 3.63) is 24.0 Å². The number of para-hydroxylation sites is 1. The van der Waals surface area contributed by atoms with Crippen LogP contribution in [-0.2, 0) is 4.74 Å². The molecule has 0 radical (unpaired) electrons. The highest BCUT2D eigenvalue weighted by atomic mass is 16.5. The molecule has 0 saturated carbocycles. The zero-order valence-corrected chi connectivity index (χ0v) is 12.4. The summed E-state index contributed by atoms with van der Waals surface area (Å²) >= 11 is 0. The van der Waals surface area contributed by atoms with Crippen molar-refractivity contribution >= 4 is 5.69 Å². The van der Waals surface area contributed by atoms with Gasteiger partial charge in [0.1, 0.15) is 5.82 Å². The van der Waals surface area contributed by atoms with Crippen molar-refractivity contribution in [3.63, 3.8) is 0 Å². The fourth-order valence-electron chi connectivity index (χ4n) is 2.66. The smallest absolute Gasteiger partial charge is 0.185 e. The Morgan fingerprint density at radius 2 is 2.24 bits per heavy atom. The van der Waals surface area contributed by atoms with E-state index in [0.717, 1.165) is 37.3 Å². The van der Waals surface area contributed by atoms with E-state index in [-0.39, 0.29) is 6.23 Å². The van der Waals surface area contributed by atoms with Gasteiger partial charge in [-0.05, 0) is 38.3 Å². The molecule has 2 heterocycles. The molecule has 3 rings (SSSR count). The van der Waals surface area contributed by atoms with Crippen molar-refractivity contribution in [1.82, 2.24) is 14.8 Å². The Morgan fingerprint density at radius 1 is 1.38 bits per heavy atom. The van der Waals surface area contributed by atoms with Gasteiger partial charge in [0.05, 0.1) is 18.4 Å². The molecule has 2 aromatic rings. The van der Waals surface area contributed by atoms with Gasteiger partial charge >= 0.3 is 0 Å². The second-order valence-corrected chi connectivity index (χ2v) is 5.18. The summed E-state index contributed by atoms with van der Waals surface area (Å²) in [6, 6.07) is 5.59. The average molecular weight is 288 g/mol. The van der Waals surface area contributed by atoms with E-state index in [1.54, 1.807) is 13.2 Å². The van der Waals surface area contributed by atoms with Crippen LogP contribution in [0, 0.1) is 6.92 Å². The lowest BCUT2D eigenvalue weighted by Crippen LogP contribution is -2.20. The molecule has 21 heavy (non-hydrogen) atoms. The molecular weight excluding hydrogens is 268 g/mol. The van der Waals surface area contributed by atoms with Crippen LogP contribution >= 0.6 is 0 Å². The molecule has 1 fully saturated rings. The normalized spacial score (nSPS) is 18.7. The highest BCUT2D eigenvalue weighted by Gasteiger charge is 2.21. The maximum Gasteiger partial charge on any atom is 0.185 e. The number of nitrogens with two attached hydrogens (primary N) is 1. The molecule has 1 aliphatic heterocycles. The number of aryl methyl sites for hydroxylation is 1. The zero-order valence-electron chi connectivity index (χ0n) is 12.4. The quantitative estimate of drug-likeness (QED) is 0.878. The number of nitrogen functional groups attached to an aromatic ring is 1. The maximum absolute atomic E-state index is 5.94. The minimum absolute atomic E-state index is 0.0212. The van der Waals surface area contributed by atoms with E-state index in [4.69, 9.17) is 15.2 Å². The summed E-state index contributed by atoms with van der Waals surface area (Å²) in [6.07, 6.45) is 3.21. The third-order valence-electron chi connectivity index (χ3n) is 3.72. The predicted octanol–water partition coefficient (Wildman–Crippen LogP) is 2.54. The minimum atomic E-state index is -0.0212. The van der Waals surface area contributed by atoms with Gasteiger partial charge in [0.25, 0.3) is 0 Å². The highest BCUT2D eigenvalue weighted by molar-refractivity contribution is 5.73. The molecule has 0 bridgehead atoms. The Balaban J connectivity index is 1.99. The van der Waals surface area contributed by atoms with E-state index in [1.165, 1.54) is 0 Å². The number of anilines is 1. The van der Waals surface area contributed by atoms with Crippen LogP contribution in [-0.4, -0.2) is 28.5 Å². The van der Waals surface area contributed by atoms with E-state index >= 15 is 0 Å². The van der Waals surface area contributed by atoms with E-state index < -0.39 is 0 Å². The largest absolute Gasteiger partial charge is 0.494 e. The molecule has 2 N–H and O–H groups in total. The molecule has 1 aliphatic rings. The molecule has 1 aromatic carbocycles. The monoisotopic (exact) mass is 288 g/mol. The summed E-state index contributed by atoms with van der Waals surface area (Å²) in [7, 11) is 1.60. The Labute approximate surface area is 123 Å². The summed E-state index contributed by atoms with van der Waals surface area (Å²) in [4.78, 5) is 4.54. The molecule has 0 amide bonds. The standard InChI is InChI=1S/C15H20N4O2/c1-10-17-15(11-6-5-7-12(16)14(11)20-2)18-19(10)13-8-3-4-9-21-13/h5-7,13H,3-4,8-9,16H2,1-2H3. The molecule has 0 spiro atoms. The predicted molar refractivity (Wildman–Crippen MR) is 80.0 cm³/mol. The van der Waals surface area contributed by atoms with Gasteiger partial charge < -0.3 is 15.2 Å². The van der Waals surface area contributed by atoms with Gasteiger partial charge in [-0.15, -0.1) is 5.10 Å². The molecule has 112 valence electrons. The van der Waals surface area contributed by atoms with Gasteiger partial charge in [-0.3, -0.25) is 0 Å². The molecule has 6 nitrogen and oxygen atoms in total. The van der Waals surface area contributed by atoms with Gasteiger partial charge in [-0.2, -0.15) is 0 Å². The number of ether oxygens (including phenoxy) is 2. The number of benzene rings is 1. The third-order valence-corrected chi connectivity index (χ3v) is 3.72.